The van der Waals surface area contributed by atoms with Crippen LogP contribution in [-0.2, 0) is 0 Å². The maximum Gasteiger partial charge on any atom is 0.133 e. The number of methoxy groups -OCH3 is 1. The molecule has 3 N–H and O–H groups in total. The van der Waals surface area contributed by atoms with E-state index in [1.54, 1.807) is 7.11 Å². The number of rotatable bonds is 5. The second-order valence-corrected chi connectivity index (χ2v) is 5.28. The summed E-state index contributed by atoms with van der Waals surface area (Å²) in [4.78, 5) is 0. The Balaban J connectivity index is 2.76. The van der Waals surface area contributed by atoms with Gasteiger partial charge in [0.1, 0.15) is 5.75 Å². The number of benzene rings is 1. The molecule has 0 heterocycles. The van der Waals surface area contributed by atoms with Crippen molar-refractivity contribution in [3.05, 3.63) is 28.2 Å². The van der Waals surface area contributed by atoms with E-state index >= 15 is 0 Å². The van der Waals surface area contributed by atoms with Crippen LogP contribution in [0.3, 0.4) is 0 Å². The van der Waals surface area contributed by atoms with Gasteiger partial charge in [-0.3, -0.25) is 0 Å². The number of nitrogens with one attached hydrogen (secondary N) is 1. The molecule has 17 heavy (non-hydrogen) atoms. The Bertz CT molecular complexity index is 368. The van der Waals surface area contributed by atoms with E-state index in [0.717, 1.165) is 10.2 Å². The lowest BCUT2D eigenvalue weighted by atomic mass is 10.1. The molecule has 0 saturated heterocycles. The maximum atomic E-state index is 5.85. The molecule has 4 heteroatoms. The second-order valence-electron chi connectivity index (χ2n) is 4.43. The summed E-state index contributed by atoms with van der Waals surface area (Å²) in [5.41, 5.74) is 7.06. The van der Waals surface area contributed by atoms with Gasteiger partial charge in [0.2, 0.25) is 0 Å². The highest BCUT2D eigenvalue weighted by Crippen LogP contribution is 2.28. The summed E-state index contributed by atoms with van der Waals surface area (Å²) in [6.45, 7) is 6.24. The number of nitrogens with two attached hydrogens (primary N) is 1. The first-order valence-electron chi connectivity index (χ1n) is 5.80. The molecule has 0 aliphatic carbocycles. The molecule has 0 radical (unpaired) electrons. The second kappa shape index (κ2) is 6.38. The quantitative estimate of drug-likeness (QED) is 0.879. The van der Waals surface area contributed by atoms with Crippen LogP contribution in [0.25, 0.3) is 0 Å². The highest BCUT2D eigenvalue weighted by atomic mass is 79.9. The van der Waals surface area contributed by atoms with E-state index in [1.807, 2.05) is 13.0 Å². The standard InChI is InChI=1S/C13H21BrN2O/c1-8(15)9(2)16-10(3)11-5-6-13(17-4)12(14)7-11/h5-10,16H,15H2,1-4H3. The van der Waals surface area contributed by atoms with Crippen molar-refractivity contribution in [2.45, 2.75) is 38.9 Å². The van der Waals surface area contributed by atoms with Crippen molar-refractivity contribution in [1.29, 1.82) is 0 Å². The molecule has 0 bridgehead atoms. The minimum absolute atomic E-state index is 0.138. The molecule has 96 valence electrons. The molecule has 0 fully saturated rings. The van der Waals surface area contributed by atoms with Crippen LogP contribution in [0.1, 0.15) is 32.4 Å². The first kappa shape index (κ1) is 14.5. The summed E-state index contributed by atoms with van der Waals surface area (Å²) in [5, 5.41) is 3.47. The highest BCUT2D eigenvalue weighted by Gasteiger charge is 2.13. The van der Waals surface area contributed by atoms with Gasteiger partial charge in [-0.25, -0.2) is 0 Å². The van der Waals surface area contributed by atoms with Gasteiger partial charge in [0.05, 0.1) is 11.6 Å². The maximum absolute atomic E-state index is 5.85. The first-order chi connectivity index (χ1) is 7.95. The van der Waals surface area contributed by atoms with E-state index in [9.17, 15) is 0 Å². The van der Waals surface area contributed by atoms with Crippen molar-refractivity contribution >= 4 is 15.9 Å². The van der Waals surface area contributed by atoms with Crippen LogP contribution >= 0.6 is 15.9 Å². The van der Waals surface area contributed by atoms with Crippen LogP contribution in [0.4, 0.5) is 0 Å². The predicted octanol–water partition coefficient (Wildman–Crippen LogP) is 2.84. The van der Waals surface area contributed by atoms with Crippen LogP contribution in [0, 0.1) is 0 Å². The number of ether oxygens (including phenoxy) is 1. The van der Waals surface area contributed by atoms with Crippen molar-refractivity contribution in [2.24, 2.45) is 5.73 Å². The molecule has 3 unspecified atom stereocenters. The fourth-order valence-electron chi connectivity index (χ4n) is 1.59. The summed E-state index contributed by atoms with van der Waals surface area (Å²) < 4.78 is 6.18. The van der Waals surface area contributed by atoms with Gasteiger partial charge in [-0.2, -0.15) is 0 Å². The lowest BCUT2D eigenvalue weighted by Crippen LogP contribution is -2.41. The Hall–Kier alpha value is -0.580. The topological polar surface area (TPSA) is 47.3 Å². The molecule has 0 aromatic heterocycles. The van der Waals surface area contributed by atoms with Crippen LogP contribution < -0.4 is 15.8 Å². The van der Waals surface area contributed by atoms with E-state index in [4.69, 9.17) is 10.5 Å². The number of hydrogen-bond donors (Lipinski definition) is 2. The molecule has 1 rings (SSSR count). The van der Waals surface area contributed by atoms with Gasteiger partial charge in [-0.1, -0.05) is 6.07 Å². The van der Waals surface area contributed by atoms with Gasteiger partial charge < -0.3 is 15.8 Å². The molecule has 0 aliphatic heterocycles. The Kier molecular flexibility index (Phi) is 5.43. The van der Waals surface area contributed by atoms with Gasteiger partial charge in [0.25, 0.3) is 0 Å². The van der Waals surface area contributed by atoms with E-state index in [2.05, 4.69) is 47.2 Å². The third kappa shape index (κ3) is 3.98. The third-order valence-corrected chi connectivity index (χ3v) is 3.60. The van der Waals surface area contributed by atoms with E-state index in [-0.39, 0.29) is 18.1 Å². The summed E-state index contributed by atoms with van der Waals surface area (Å²) in [6, 6.07) is 6.79. The summed E-state index contributed by atoms with van der Waals surface area (Å²) >= 11 is 3.49. The van der Waals surface area contributed by atoms with Crippen molar-refractivity contribution in [1.82, 2.24) is 5.32 Å². The van der Waals surface area contributed by atoms with Crippen molar-refractivity contribution < 1.29 is 4.74 Å². The smallest absolute Gasteiger partial charge is 0.133 e. The van der Waals surface area contributed by atoms with Gasteiger partial charge in [-0.05, 0) is 54.4 Å². The lowest BCUT2D eigenvalue weighted by molar-refractivity contribution is 0.410. The summed E-state index contributed by atoms with van der Waals surface area (Å²) in [6.07, 6.45) is 0. The first-order valence-corrected chi connectivity index (χ1v) is 6.60. The zero-order valence-electron chi connectivity index (χ0n) is 10.8. The van der Waals surface area contributed by atoms with Gasteiger partial charge in [0, 0.05) is 18.1 Å². The molecular weight excluding hydrogens is 280 g/mol. The predicted molar refractivity (Wildman–Crippen MR) is 75.4 cm³/mol. The van der Waals surface area contributed by atoms with E-state index in [1.165, 1.54) is 5.56 Å². The number of hydrogen-bond acceptors (Lipinski definition) is 3. The molecule has 1 aromatic carbocycles. The molecule has 0 aliphatic rings. The average molecular weight is 301 g/mol. The highest BCUT2D eigenvalue weighted by molar-refractivity contribution is 9.10. The van der Waals surface area contributed by atoms with Crippen LogP contribution in [-0.4, -0.2) is 19.2 Å². The van der Waals surface area contributed by atoms with Gasteiger partial charge >= 0.3 is 0 Å². The Morgan fingerprint density at radius 1 is 1.29 bits per heavy atom. The minimum Gasteiger partial charge on any atom is -0.496 e. The molecule has 3 atom stereocenters. The molecule has 0 spiro atoms. The molecular formula is C13H21BrN2O. The largest absolute Gasteiger partial charge is 0.496 e. The Labute approximate surface area is 112 Å². The van der Waals surface area contributed by atoms with Crippen molar-refractivity contribution in [3.8, 4) is 5.75 Å². The lowest BCUT2D eigenvalue weighted by Gasteiger charge is -2.23. The average Bonchev–Trinajstić information content (AvgIpc) is 2.28. The summed E-state index contributed by atoms with van der Waals surface area (Å²) in [5.74, 6) is 0.848. The fourth-order valence-corrected chi connectivity index (χ4v) is 2.15. The molecule has 0 amide bonds. The van der Waals surface area contributed by atoms with E-state index in [0.29, 0.717) is 0 Å². The summed E-state index contributed by atoms with van der Waals surface area (Å²) in [7, 11) is 1.67. The molecule has 0 saturated carbocycles. The SMILES string of the molecule is COc1ccc(C(C)NC(C)C(C)N)cc1Br. The number of halogens is 1. The van der Waals surface area contributed by atoms with Crippen molar-refractivity contribution in [3.63, 3.8) is 0 Å². The zero-order chi connectivity index (χ0) is 13.0. The van der Waals surface area contributed by atoms with Crippen molar-refractivity contribution in [2.75, 3.05) is 7.11 Å². The Morgan fingerprint density at radius 3 is 2.41 bits per heavy atom. The zero-order valence-corrected chi connectivity index (χ0v) is 12.4. The molecule has 1 aromatic rings. The van der Waals surface area contributed by atoms with Crippen LogP contribution in [0.5, 0.6) is 5.75 Å². The monoisotopic (exact) mass is 300 g/mol. The van der Waals surface area contributed by atoms with Crippen LogP contribution in [0.15, 0.2) is 22.7 Å². The Morgan fingerprint density at radius 2 is 1.94 bits per heavy atom. The van der Waals surface area contributed by atoms with Gasteiger partial charge in [0.15, 0.2) is 0 Å². The van der Waals surface area contributed by atoms with Crippen LogP contribution in [0.2, 0.25) is 0 Å². The molecule has 3 nitrogen and oxygen atoms in total. The fraction of sp³-hybridized carbons (Fsp3) is 0.538. The third-order valence-electron chi connectivity index (χ3n) is 2.98. The minimum atomic E-state index is 0.138. The van der Waals surface area contributed by atoms with Gasteiger partial charge in [-0.15, -0.1) is 0 Å². The van der Waals surface area contributed by atoms with E-state index < -0.39 is 0 Å². The normalized spacial score (nSPS) is 16.4.